The summed E-state index contributed by atoms with van der Waals surface area (Å²) in [5, 5.41) is 3.86. The summed E-state index contributed by atoms with van der Waals surface area (Å²) >= 11 is 5.32. The van der Waals surface area contributed by atoms with Crippen molar-refractivity contribution in [3.8, 4) is 0 Å². The number of allylic oxidation sites excluding steroid dienone is 2. The molecule has 0 aromatic rings. The van der Waals surface area contributed by atoms with E-state index in [1.807, 2.05) is 0 Å². The van der Waals surface area contributed by atoms with Crippen LogP contribution < -0.4 is 5.32 Å². The van der Waals surface area contributed by atoms with Crippen molar-refractivity contribution in [3.05, 3.63) is 11.8 Å². The van der Waals surface area contributed by atoms with Gasteiger partial charge in [0.2, 0.25) is 5.91 Å². The van der Waals surface area contributed by atoms with Crippen molar-refractivity contribution in [2.45, 2.75) is 89.5 Å². The first-order chi connectivity index (χ1) is 12.7. The van der Waals surface area contributed by atoms with E-state index in [1.54, 1.807) is 0 Å². The highest BCUT2D eigenvalue weighted by molar-refractivity contribution is 7.80. The molecule has 0 radical (unpaired) electrons. The van der Waals surface area contributed by atoms with Gasteiger partial charge in [-0.05, 0) is 69.5 Å². The Morgan fingerprint density at radius 3 is 2.69 bits per heavy atom. The van der Waals surface area contributed by atoms with E-state index in [0.717, 1.165) is 25.8 Å². The average molecular weight is 379 g/mol. The van der Waals surface area contributed by atoms with Gasteiger partial charge in [0.15, 0.2) is 0 Å². The van der Waals surface area contributed by atoms with Gasteiger partial charge in [-0.25, -0.2) is 0 Å². The normalized spacial score (nSPS) is 24.2. The van der Waals surface area contributed by atoms with E-state index in [4.69, 9.17) is 17.0 Å². The summed E-state index contributed by atoms with van der Waals surface area (Å²) in [6.07, 6.45) is 17.2. The van der Waals surface area contributed by atoms with E-state index < -0.39 is 0 Å². The number of carbonyl (C=O) groups is 1. The predicted octanol–water partition coefficient (Wildman–Crippen LogP) is 4.69. The molecule has 2 fully saturated rings. The number of likely N-dealkylation sites (tertiary alicyclic amines) is 1. The molecule has 1 unspecified atom stereocenters. The van der Waals surface area contributed by atoms with Crippen LogP contribution in [0.25, 0.3) is 0 Å². The van der Waals surface area contributed by atoms with Gasteiger partial charge in [0.1, 0.15) is 0 Å². The van der Waals surface area contributed by atoms with Crippen LogP contribution in [-0.4, -0.2) is 35.2 Å². The molecule has 26 heavy (non-hydrogen) atoms. The van der Waals surface area contributed by atoms with Crippen LogP contribution in [0.3, 0.4) is 0 Å². The van der Waals surface area contributed by atoms with Crippen LogP contribution >= 0.6 is 12.2 Å². The second kappa shape index (κ2) is 10.3. The van der Waals surface area contributed by atoms with Crippen molar-refractivity contribution < 1.29 is 9.53 Å². The molecule has 0 aromatic carbocycles. The van der Waals surface area contributed by atoms with Crippen molar-refractivity contribution in [2.75, 3.05) is 13.2 Å². The van der Waals surface area contributed by atoms with E-state index in [0.29, 0.717) is 30.2 Å². The maximum atomic E-state index is 12.6. The van der Waals surface area contributed by atoms with Crippen LogP contribution in [0.2, 0.25) is 0 Å². The molecule has 0 aromatic heterocycles. The fourth-order valence-electron chi connectivity index (χ4n) is 4.60. The number of ether oxygens (including phenoxy) is 1. The second-order valence-electron chi connectivity index (χ2n) is 8.02. The third-order valence-corrected chi connectivity index (χ3v) is 6.26. The van der Waals surface area contributed by atoms with Gasteiger partial charge in [-0.3, -0.25) is 4.79 Å². The molecule has 1 N–H and O–H groups in total. The summed E-state index contributed by atoms with van der Waals surface area (Å²) in [6, 6.07) is 0.468. The summed E-state index contributed by atoms with van der Waals surface area (Å²) in [6.45, 7) is 1.42. The van der Waals surface area contributed by atoms with Crippen LogP contribution in [0, 0.1) is 5.92 Å². The highest BCUT2D eigenvalue weighted by Crippen LogP contribution is 2.35. The Kier molecular flexibility index (Phi) is 7.78. The maximum absolute atomic E-state index is 12.6. The lowest BCUT2D eigenvalue weighted by molar-refractivity contribution is -0.130. The molecule has 2 aliphatic carbocycles. The first kappa shape index (κ1) is 19.7. The van der Waals surface area contributed by atoms with Gasteiger partial charge in [-0.1, -0.05) is 31.8 Å². The van der Waals surface area contributed by atoms with E-state index in [1.165, 1.54) is 63.5 Å². The molecule has 0 spiro atoms. The van der Waals surface area contributed by atoms with Crippen molar-refractivity contribution in [2.24, 2.45) is 5.92 Å². The van der Waals surface area contributed by atoms with Gasteiger partial charge >= 0.3 is 0 Å². The molecule has 0 bridgehead atoms. The van der Waals surface area contributed by atoms with Crippen LogP contribution in [0.4, 0.5) is 0 Å². The third kappa shape index (κ3) is 5.70. The summed E-state index contributed by atoms with van der Waals surface area (Å²) in [4.78, 5) is 14.7. The zero-order valence-electron chi connectivity index (χ0n) is 16.0. The first-order valence-electron chi connectivity index (χ1n) is 10.7. The summed E-state index contributed by atoms with van der Waals surface area (Å²) < 4.78 is 5.66. The summed E-state index contributed by atoms with van der Waals surface area (Å²) in [7, 11) is 0. The number of hydrogen-bond donors (Lipinski definition) is 1. The zero-order valence-corrected chi connectivity index (χ0v) is 16.8. The van der Waals surface area contributed by atoms with Crippen molar-refractivity contribution in [1.82, 2.24) is 10.2 Å². The molecule has 1 aliphatic heterocycles. The topological polar surface area (TPSA) is 41.6 Å². The van der Waals surface area contributed by atoms with Crippen LogP contribution in [0.15, 0.2) is 11.8 Å². The highest BCUT2D eigenvalue weighted by Gasteiger charge is 2.29. The van der Waals surface area contributed by atoms with Gasteiger partial charge < -0.3 is 15.0 Å². The lowest BCUT2D eigenvalue weighted by Crippen LogP contribution is -2.39. The Labute approximate surface area is 163 Å². The number of thiocarbonyl (C=S) groups is 1. The fourth-order valence-corrected chi connectivity index (χ4v) is 4.85. The van der Waals surface area contributed by atoms with Gasteiger partial charge in [0, 0.05) is 24.7 Å². The van der Waals surface area contributed by atoms with Crippen LogP contribution in [0.1, 0.15) is 83.5 Å². The number of carbonyl (C=O) groups excluding carboxylic acids is 1. The lowest BCUT2D eigenvalue weighted by Gasteiger charge is -2.38. The van der Waals surface area contributed by atoms with Crippen molar-refractivity contribution in [1.29, 1.82) is 0 Å². The lowest BCUT2D eigenvalue weighted by atomic mass is 9.85. The van der Waals surface area contributed by atoms with Crippen molar-refractivity contribution in [3.63, 3.8) is 0 Å². The molecule has 1 atom stereocenters. The van der Waals surface area contributed by atoms with Gasteiger partial charge in [-0.2, -0.15) is 0 Å². The Bertz CT molecular complexity index is 512. The summed E-state index contributed by atoms with van der Waals surface area (Å²) in [5.41, 5.74) is 1.30. The minimum absolute atomic E-state index is 0.258. The minimum Gasteiger partial charge on any atom is -0.471 e. The van der Waals surface area contributed by atoms with Gasteiger partial charge in [0.25, 0.3) is 5.17 Å². The molecular weight excluding hydrogens is 344 g/mol. The molecule has 1 heterocycles. The Morgan fingerprint density at radius 1 is 1.12 bits per heavy atom. The largest absolute Gasteiger partial charge is 0.471 e. The molecular formula is C21H34N2O2S. The van der Waals surface area contributed by atoms with E-state index >= 15 is 0 Å². The molecule has 3 aliphatic rings. The number of hydrogen-bond acceptors (Lipinski definition) is 3. The summed E-state index contributed by atoms with van der Waals surface area (Å²) in [5.74, 6) is 0.878. The maximum Gasteiger partial charge on any atom is 0.256 e. The van der Waals surface area contributed by atoms with Gasteiger partial charge in [0.05, 0.1) is 6.61 Å². The van der Waals surface area contributed by atoms with Gasteiger partial charge in [-0.15, -0.1) is 0 Å². The standard InChI is InChI=1S/C21H34N2O2S/c24-20(23-15-7-10-17-9-5-6-13-19(17)23)14-8-16-25-21(26)22-18-11-3-1-2-4-12-18/h13,17-18H,1-12,14-16H2,(H,22,26). The molecule has 1 amide bonds. The average Bonchev–Trinajstić information content (AvgIpc) is 2.93. The zero-order chi connectivity index (χ0) is 18.2. The monoisotopic (exact) mass is 378 g/mol. The fraction of sp³-hybridized carbons (Fsp3) is 0.810. The van der Waals surface area contributed by atoms with Crippen LogP contribution in [0.5, 0.6) is 0 Å². The van der Waals surface area contributed by atoms with E-state index in [-0.39, 0.29) is 5.91 Å². The molecule has 1 saturated carbocycles. The quantitative estimate of drug-likeness (QED) is 0.428. The number of nitrogens with zero attached hydrogens (tertiary/aromatic N) is 1. The molecule has 3 rings (SSSR count). The van der Waals surface area contributed by atoms with Crippen molar-refractivity contribution >= 4 is 23.3 Å². The van der Waals surface area contributed by atoms with E-state index in [2.05, 4.69) is 16.3 Å². The SMILES string of the molecule is O=C(CCCOC(=S)NC1CCCCCC1)N1CCCC2CCCC=C21. The second-order valence-corrected chi connectivity index (χ2v) is 8.39. The van der Waals surface area contributed by atoms with E-state index in [9.17, 15) is 4.79 Å². The third-order valence-electron chi connectivity index (χ3n) is 6.02. The predicted molar refractivity (Wildman–Crippen MR) is 109 cm³/mol. The molecule has 4 nitrogen and oxygen atoms in total. The molecule has 146 valence electrons. The number of fused-ring (bicyclic) bond motifs is 1. The van der Waals surface area contributed by atoms with Crippen LogP contribution in [-0.2, 0) is 9.53 Å². The number of amides is 1. The minimum atomic E-state index is 0.258. The number of piperidine rings is 1. The smallest absolute Gasteiger partial charge is 0.256 e. The Hall–Kier alpha value is -1.10. The Balaban J connectivity index is 1.34. The molecule has 1 saturated heterocycles. The highest BCUT2D eigenvalue weighted by atomic mass is 32.1. The Morgan fingerprint density at radius 2 is 1.88 bits per heavy atom. The first-order valence-corrected chi connectivity index (χ1v) is 11.1. The molecule has 5 heteroatoms. The number of rotatable bonds is 5. The number of nitrogens with one attached hydrogen (secondary N) is 1.